The van der Waals surface area contributed by atoms with Gasteiger partial charge in [-0.15, -0.1) is 0 Å². The lowest BCUT2D eigenvalue weighted by Crippen LogP contribution is -2.04. The highest BCUT2D eigenvalue weighted by atomic mass is 32.1. The van der Waals surface area contributed by atoms with Crippen LogP contribution in [0.1, 0.15) is 17.4 Å². The topological polar surface area (TPSA) is 85.1 Å². The molecule has 0 bridgehead atoms. The molecule has 0 atom stereocenters. The molecule has 1 heterocycles. The first-order chi connectivity index (χ1) is 9.54. The highest BCUT2D eigenvalue weighted by Crippen LogP contribution is 2.21. The smallest absolute Gasteiger partial charge is 0.269 e. The molecule has 2 rings (SSSR count). The second-order valence-electron chi connectivity index (χ2n) is 3.93. The van der Waals surface area contributed by atoms with Crippen LogP contribution in [0.4, 0.5) is 10.8 Å². The number of aromatic nitrogens is 1. The lowest BCUT2D eigenvalue weighted by molar-refractivity contribution is -0.384. The molecule has 1 aromatic carbocycles. The number of thiazole rings is 1. The molecule has 7 heteroatoms. The Labute approximate surface area is 118 Å². The number of nitrogens with zero attached hydrogens (tertiary/aromatic N) is 2. The van der Waals surface area contributed by atoms with Gasteiger partial charge in [-0.3, -0.25) is 14.9 Å². The number of carbonyl (C=O) groups excluding carboxylic acids is 1. The van der Waals surface area contributed by atoms with E-state index < -0.39 is 4.92 Å². The quantitative estimate of drug-likeness (QED) is 0.692. The number of amides is 1. The molecule has 1 aromatic heterocycles. The second-order valence-corrected chi connectivity index (χ2v) is 4.99. The van der Waals surface area contributed by atoms with Crippen LogP contribution in [0.15, 0.2) is 30.5 Å². The van der Waals surface area contributed by atoms with Gasteiger partial charge in [-0.2, -0.15) is 0 Å². The molecule has 0 spiro atoms. The summed E-state index contributed by atoms with van der Waals surface area (Å²) >= 11 is 1.35. The van der Waals surface area contributed by atoms with E-state index in [1.54, 1.807) is 18.3 Å². The zero-order chi connectivity index (χ0) is 14.5. The van der Waals surface area contributed by atoms with E-state index in [0.29, 0.717) is 5.13 Å². The van der Waals surface area contributed by atoms with E-state index in [1.807, 2.05) is 12.2 Å². The van der Waals surface area contributed by atoms with Crippen LogP contribution in [-0.2, 0) is 4.79 Å². The molecule has 2 aromatic rings. The Morgan fingerprint density at radius 3 is 2.65 bits per heavy atom. The van der Waals surface area contributed by atoms with E-state index >= 15 is 0 Å². The Hall–Kier alpha value is -2.54. The van der Waals surface area contributed by atoms with Crippen LogP contribution in [0.2, 0.25) is 0 Å². The number of hydrogen-bond donors (Lipinski definition) is 1. The number of carbonyl (C=O) groups is 1. The third-order valence-corrected chi connectivity index (χ3v) is 3.23. The van der Waals surface area contributed by atoms with Crippen LogP contribution in [-0.4, -0.2) is 15.8 Å². The molecule has 20 heavy (non-hydrogen) atoms. The Morgan fingerprint density at radius 1 is 1.35 bits per heavy atom. The maximum Gasteiger partial charge on any atom is 0.269 e. The van der Waals surface area contributed by atoms with E-state index in [-0.39, 0.29) is 11.6 Å². The third-order valence-electron chi connectivity index (χ3n) is 2.35. The first-order valence-electron chi connectivity index (χ1n) is 5.70. The highest BCUT2D eigenvalue weighted by Gasteiger charge is 2.03. The highest BCUT2D eigenvalue weighted by molar-refractivity contribution is 7.16. The zero-order valence-corrected chi connectivity index (χ0v) is 11.4. The van der Waals surface area contributed by atoms with Gasteiger partial charge in [0.15, 0.2) is 5.13 Å². The van der Waals surface area contributed by atoms with Gasteiger partial charge in [-0.05, 0) is 23.8 Å². The van der Waals surface area contributed by atoms with Crippen molar-refractivity contribution >= 4 is 40.2 Å². The van der Waals surface area contributed by atoms with Gasteiger partial charge in [0.1, 0.15) is 0 Å². The van der Waals surface area contributed by atoms with Crippen molar-refractivity contribution in [3.05, 3.63) is 51.0 Å². The lowest BCUT2D eigenvalue weighted by Gasteiger charge is -1.93. The molecule has 1 amide bonds. The molecule has 0 aliphatic heterocycles. The molecule has 6 nitrogen and oxygen atoms in total. The number of anilines is 1. The molecule has 0 saturated carbocycles. The van der Waals surface area contributed by atoms with Crippen molar-refractivity contribution in [2.45, 2.75) is 6.92 Å². The van der Waals surface area contributed by atoms with Gasteiger partial charge in [-0.25, -0.2) is 4.98 Å². The fraction of sp³-hybridized carbons (Fsp3) is 0.0769. The van der Waals surface area contributed by atoms with Crippen molar-refractivity contribution in [2.75, 3.05) is 5.32 Å². The number of nitro groups is 1. The van der Waals surface area contributed by atoms with Crippen molar-refractivity contribution in [1.29, 1.82) is 0 Å². The minimum absolute atomic E-state index is 0.0629. The van der Waals surface area contributed by atoms with Gasteiger partial charge >= 0.3 is 0 Å². The van der Waals surface area contributed by atoms with Gasteiger partial charge in [-0.1, -0.05) is 17.4 Å². The standard InChI is InChI=1S/C13H11N3O3S/c1-9(17)15-13-14-8-12(20-13)7-4-10-2-5-11(6-3-10)16(18)19/h2-8H,1H3,(H,14,15,17). The third kappa shape index (κ3) is 3.72. The molecule has 0 unspecified atom stereocenters. The summed E-state index contributed by atoms with van der Waals surface area (Å²) in [5, 5.41) is 13.7. The summed E-state index contributed by atoms with van der Waals surface area (Å²) in [4.78, 5) is 25.9. The van der Waals surface area contributed by atoms with E-state index in [2.05, 4.69) is 10.3 Å². The molecule has 102 valence electrons. The van der Waals surface area contributed by atoms with E-state index in [9.17, 15) is 14.9 Å². The number of benzene rings is 1. The summed E-state index contributed by atoms with van der Waals surface area (Å²) in [5.74, 6) is -0.162. The van der Waals surface area contributed by atoms with Gasteiger partial charge in [0.2, 0.25) is 5.91 Å². The van der Waals surface area contributed by atoms with Crippen LogP contribution in [0.3, 0.4) is 0 Å². The minimum Gasteiger partial charge on any atom is -0.302 e. The normalized spacial score (nSPS) is 10.7. The largest absolute Gasteiger partial charge is 0.302 e. The summed E-state index contributed by atoms with van der Waals surface area (Å²) in [6.45, 7) is 1.42. The Balaban J connectivity index is 2.07. The predicted octanol–water partition coefficient (Wildman–Crippen LogP) is 3.18. The summed E-state index contributed by atoms with van der Waals surface area (Å²) in [5.41, 5.74) is 0.915. The van der Waals surface area contributed by atoms with Gasteiger partial charge < -0.3 is 5.32 Å². The fourth-order valence-corrected chi connectivity index (χ4v) is 2.22. The average Bonchev–Trinajstić information content (AvgIpc) is 2.83. The van der Waals surface area contributed by atoms with Crippen LogP contribution in [0.5, 0.6) is 0 Å². The predicted molar refractivity (Wildman–Crippen MR) is 78.4 cm³/mol. The molecular weight excluding hydrogens is 278 g/mol. The maximum atomic E-state index is 10.9. The van der Waals surface area contributed by atoms with Crippen molar-refractivity contribution in [3.63, 3.8) is 0 Å². The number of rotatable bonds is 4. The average molecular weight is 289 g/mol. The number of non-ortho nitro benzene ring substituents is 1. The summed E-state index contributed by atoms with van der Waals surface area (Å²) in [6.07, 6.45) is 5.32. The van der Waals surface area contributed by atoms with Crippen molar-refractivity contribution < 1.29 is 9.72 Å². The van der Waals surface area contributed by atoms with E-state index in [1.165, 1.54) is 30.4 Å². The zero-order valence-electron chi connectivity index (χ0n) is 10.6. The van der Waals surface area contributed by atoms with Crippen molar-refractivity contribution in [1.82, 2.24) is 4.98 Å². The molecule has 0 radical (unpaired) electrons. The molecule has 0 aliphatic rings. The molecule has 1 N–H and O–H groups in total. The Kier molecular flexibility index (Phi) is 4.21. The Bertz CT molecular complexity index is 662. The SMILES string of the molecule is CC(=O)Nc1ncc(C=Cc2ccc([N+](=O)[O-])cc2)s1. The van der Waals surface area contributed by atoms with E-state index in [0.717, 1.165) is 10.4 Å². The van der Waals surface area contributed by atoms with E-state index in [4.69, 9.17) is 0 Å². The van der Waals surface area contributed by atoms with Crippen LogP contribution in [0.25, 0.3) is 12.2 Å². The van der Waals surface area contributed by atoms with Gasteiger partial charge in [0.25, 0.3) is 5.69 Å². The van der Waals surface area contributed by atoms with Crippen molar-refractivity contribution in [3.8, 4) is 0 Å². The van der Waals surface area contributed by atoms with Crippen LogP contribution < -0.4 is 5.32 Å². The number of nitrogens with one attached hydrogen (secondary N) is 1. The van der Waals surface area contributed by atoms with Gasteiger partial charge in [0, 0.05) is 30.1 Å². The lowest BCUT2D eigenvalue weighted by atomic mass is 10.2. The second kappa shape index (κ2) is 6.07. The molecule has 0 aliphatic carbocycles. The van der Waals surface area contributed by atoms with Crippen LogP contribution >= 0.6 is 11.3 Å². The molecular formula is C13H11N3O3S. The van der Waals surface area contributed by atoms with Crippen molar-refractivity contribution in [2.24, 2.45) is 0 Å². The minimum atomic E-state index is -0.434. The van der Waals surface area contributed by atoms with Gasteiger partial charge in [0.05, 0.1) is 4.92 Å². The van der Waals surface area contributed by atoms with Crippen LogP contribution in [0, 0.1) is 10.1 Å². The maximum absolute atomic E-state index is 10.9. The number of hydrogen-bond acceptors (Lipinski definition) is 5. The molecule has 0 fully saturated rings. The fourth-order valence-electron chi connectivity index (χ4n) is 1.46. The first-order valence-corrected chi connectivity index (χ1v) is 6.52. The summed E-state index contributed by atoms with van der Waals surface area (Å²) in [7, 11) is 0. The summed E-state index contributed by atoms with van der Waals surface area (Å²) < 4.78 is 0. The first kappa shape index (κ1) is 13.9. The monoisotopic (exact) mass is 289 g/mol. The number of nitro benzene ring substituents is 1. The molecule has 0 saturated heterocycles. The summed E-state index contributed by atoms with van der Waals surface area (Å²) in [6, 6.07) is 6.25. The Morgan fingerprint density at radius 2 is 2.05 bits per heavy atom.